The maximum absolute atomic E-state index is 4.22. The van der Waals surface area contributed by atoms with Gasteiger partial charge in [-0.3, -0.25) is 0 Å². The van der Waals surface area contributed by atoms with E-state index in [1.807, 2.05) is 13.0 Å². The van der Waals surface area contributed by atoms with Crippen LogP contribution in [0.5, 0.6) is 0 Å². The van der Waals surface area contributed by atoms with Gasteiger partial charge in [-0.05, 0) is 31.9 Å². The van der Waals surface area contributed by atoms with E-state index in [0.717, 1.165) is 24.7 Å². The fraction of sp³-hybridized carbons (Fsp3) is 0.333. The SMILES string of the molecule is CCNc1cc(NCc2ccc(C)cc2C)ncn1. The number of hydrogen-bond acceptors (Lipinski definition) is 4. The van der Waals surface area contributed by atoms with Gasteiger partial charge in [-0.25, -0.2) is 9.97 Å². The lowest BCUT2D eigenvalue weighted by atomic mass is 10.1. The molecule has 0 bridgehead atoms. The van der Waals surface area contributed by atoms with Crippen LogP contribution in [0.25, 0.3) is 0 Å². The van der Waals surface area contributed by atoms with Crippen molar-refractivity contribution in [2.45, 2.75) is 27.3 Å². The molecule has 2 N–H and O–H groups in total. The van der Waals surface area contributed by atoms with Crippen molar-refractivity contribution >= 4 is 11.6 Å². The highest BCUT2D eigenvalue weighted by Gasteiger charge is 2.01. The zero-order chi connectivity index (χ0) is 13.7. The summed E-state index contributed by atoms with van der Waals surface area (Å²) in [5, 5.41) is 6.50. The van der Waals surface area contributed by atoms with Gasteiger partial charge in [0.25, 0.3) is 0 Å². The number of benzene rings is 1. The monoisotopic (exact) mass is 256 g/mol. The molecule has 0 spiro atoms. The third kappa shape index (κ3) is 3.68. The van der Waals surface area contributed by atoms with E-state index in [1.54, 1.807) is 6.33 Å². The molecule has 1 aromatic heterocycles. The van der Waals surface area contributed by atoms with Crippen molar-refractivity contribution in [2.24, 2.45) is 0 Å². The summed E-state index contributed by atoms with van der Waals surface area (Å²) in [7, 11) is 0. The molecule has 100 valence electrons. The summed E-state index contributed by atoms with van der Waals surface area (Å²) in [4.78, 5) is 8.37. The third-order valence-corrected chi connectivity index (χ3v) is 2.98. The van der Waals surface area contributed by atoms with Crippen LogP contribution >= 0.6 is 0 Å². The Labute approximate surface area is 114 Å². The molecule has 0 radical (unpaired) electrons. The van der Waals surface area contributed by atoms with Crippen LogP contribution < -0.4 is 10.6 Å². The Bertz CT molecular complexity index is 552. The maximum atomic E-state index is 4.22. The first-order valence-corrected chi connectivity index (χ1v) is 6.55. The minimum Gasteiger partial charge on any atom is -0.370 e. The van der Waals surface area contributed by atoms with Crippen molar-refractivity contribution < 1.29 is 0 Å². The summed E-state index contributed by atoms with van der Waals surface area (Å²) in [6.07, 6.45) is 1.57. The van der Waals surface area contributed by atoms with Crippen molar-refractivity contribution in [3.05, 3.63) is 47.3 Å². The van der Waals surface area contributed by atoms with E-state index in [9.17, 15) is 0 Å². The van der Waals surface area contributed by atoms with Gasteiger partial charge in [0.15, 0.2) is 0 Å². The summed E-state index contributed by atoms with van der Waals surface area (Å²) < 4.78 is 0. The molecule has 0 aliphatic heterocycles. The highest BCUT2D eigenvalue weighted by atomic mass is 15.1. The first-order chi connectivity index (χ1) is 9.19. The number of nitrogens with one attached hydrogen (secondary N) is 2. The fourth-order valence-corrected chi connectivity index (χ4v) is 1.96. The zero-order valence-electron chi connectivity index (χ0n) is 11.7. The van der Waals surface area contributed by atoms with Gasteiger partial charge in [0.2, 0.25) is 0 Å². The molecule has 19 heavy (non-hydrogen) atoms. The van der Waals surface area contributed by atoms with E-state index in [2.05, 4.69) is 52.6 Å². The largest absolute Gasteiger partial charge is 0.370 e. The Morgan fingerprint density at radius 1 is 1.00 bits per heavy atom. The topological polar surface area (TPSA) is 49.8 Å². The minimum absolute atomic E-state index is 0.773. The summed E-state index contributed by atoms with van der Waals surface area (Å²) >= 11 is 0. The van der Waals surface area contributed by atoms with Gasteiger partial charge in [-0.1, -0.05) is 23.8 Å². The second-order valence-corrected chi connectivity index (χ2v) is 4.60. The van der Waals surface area contributed by atoms with E-state index >= 15 is 0 Å². The molecule has 2 aromatic rings. The molecule has 1 heterocycles. The number of anilines is 2. The molecule has 0 unspecified atom stereocenters. The van der Waals surface area contributed by atoms with Gasteiger partial charge in [0, 0.05) is 19.2 Å². The molecular formula is C15H20N4. The Morgan fingerprint density at radius 3 is 2.42 bits per heavy atom. The van der Waals surface area contributed by atoms with Crippen LogP contribution in [0.1, 0.15) is 23.6 Å². The van der Waals surface area contributed by atoms with Crippen molar-refractivity contribution in [1.82, 2.24) is 9.97 Å². The zero-order valence-corrected chi connectivity index (χ0v) is 11.7. The summed E-state index contributed by atoms with van der Waals surface area (Å²) in [6, 6.07) is 8.41. The molecule has 4 heteroatoms. The molecule has 0 saturated heterocycles. The van der Waals surface area contributed by atoms with Gasteiger partial charge in [-0.2, -0.15) is 0 Å². The van der Waals surface area contributed by atoms with E-state index in [1.165, 1.54) is 16.7 Å². The number of rotatable bonds is 5. The Kier molecular flexibility index (Phi) is 4.34. The van der Waals surface area contributed by atoms with Crippen LogP contribution in [0.2, 0.25) is 0 Å². The van der Waals surface area contributed by atoms with Crippen LogP contribution in [0.3, 0.4) is 0 Å². The van der Waals surface area contributed by atoms with Gasteiger partial charge in [-0.15, -0.1) is 0 Å². The van der Waals surface area contributed by atoms with Gasteiger partial charge >= 0.3 is 0 Å². The lowest BCUT2D eigenvalue weighted by Crippen LogP contribution is -2.05. The van der Waals surface area contributed by atoms with Gasteiger partial charge in [0.1, 0.15) is 18.0 Å². The molecule has 0 fully saturated rings. The standard InChI is InChI=1S/C15H20N4/c1-4-16-14-8-15(19-10-18-14)17-9-13-6-5-11(2)7-12(13)3/h5-8,10H,4,9H2,1-3H3,(H2,16,17,18,19). The lowest BCUT2D eigenvalue weighted by Gasteiger charge is -2.10. The van der Waals surface area contributed by atoms with Crippen molar-refractivity contribution in [2.75, 3.05) is 17.2 Å². The molecule has 0 aliphatic rings. The van der Waals surface area contributed by atoms with E-state index in [-0.39, 0.29) is 0 Å². The Hall–Kier alpha value is -2.10. The Morgan fingerprint density at radius 2 is 1.74 bits per heavy atom. The quantitative estimate of drug-likeness (QED) is 0.863. The van der Waals surface area contributed by atoms with Crippen molar-refractivity contribution in [3.63, 3.8) is 0 Å². The molecular weight excluding hydrogens is 236 g/mol. The van der Waals surface area contributed by atoms with E-state index in [4.69, 9.17) is 0 Å². The number of aryl methyl sites for hydroxylation is 2. The molecule has 0 amide bonds. The van der Waals surface area contributed by atoms with E-state index < -0.39 is 0 Å². The molecule has 4 nitrogen and oxygen atoms in total. The predicted molar refractivity (Wildman–Crippen MR) is 79.4 cm³/mol. The molecule has 1 aromatic carbocycles. The van der Waals surface area contributed by atoms with Crippen LogP contribution in [-0.4, -0.2) is 16.5 Å². The summed E-state index contributed by atoms with van der Waals surface area (Å²) in [5.74, 6) is 1.69. The van der Waals surface area contributed by atoms with Crippen LogP contribution in [0.15, 0.2) is 30.6 Å². The van der Waals surface area contributed by atoms with Crippen LogP contribution in [0, 0.1) is 13.8 Å². The second-order valence-electron chi connectivity index (χ2n) is 4.60. The summed E-state index contributed by atoms with van der Waals surface area (Å²) in [5.41, 5.74) is 3.88. The van der Waals surface area contributed by atoms with Gasteiger partial charge in [0.05, 0.1) is 0 Å². The second kappa shape index (κ2) is 6.18. The average Bonchev–Trinajstić information content (AvgIpc) is 2.38. The predicted octanol–water partition coefficient (Wildman–Crippen LogP) is 3.14. The number of nitrogens with zero attached hydrogens (tertiary/aromatic N) is 2. The number of aromatic nitrogens is 2. The van der Waals surface area contributed by atoms with Crippen molar-refractivity contribution in [1.29, 1.82) is 0 Å². The maximum Gasteiger partial charge on any atom is 0.131 e. The van der Waals surface area contributed by atoms with Crippen molar-refractivity contribution in [3.8, 4) is 0 Å². The average molecular weight is 256 g/mol. The summed E-state index contributed by atoms with van der Waals surface area (Å²) in [6.45, 7) is 7.92. The Balaban J connectivity index is 2.03. The van der Waals surface area contributed by atoms with Crippen LogP contribution in [0.4, 0.5) is 11.6 Å². The highest BCUT2D eigenvalue weighted by molar-refractivity contribution is 5.47. The molecule has 2 rings (SSSR count). The molecule has 0 aliphatic carbocycles. The molecule has 0 atom stereocenters. The van der Waals surface area contributed by atoms with Crippen LogP contribution in [-0.2, 0) is 6.54 Å². The lowest BCUT2D eigenvalue weighted by molar-refractivity contribution is 1.05. The first kappa shape index (κ1) is 13.3. The molecule has 0 saturated carbocycles. The van der Waals surface area contributed by atoms with Gasteiger partial charge < -0.3 is 10.6 Å². The highest BCUT2D eigenvalue weighted by Crippen LogP contribution is 2.14. The van der Waals surface area contributed by atoms with E-state index in [0.29, 0.717) is 0 Å². The smallest absolute Gasteiger partial charge is 0.131 e. The fourth-order valence-electron chi connectivity index (χ4n) is 1.96. The number of hydrogen-bond donors (Lipinski definition) is 2. The third-order valence-electron chi connectivity index (χ3n) is 2.98. The normalized spacial score (nSPS) is 10.3. The first-order valence-electron chi connectivity index (χ1n) is 6.55. The minimum atomic E-state index is 0.773.